The standard InChI is InChI=1S/C22H15NO4/c1-14-10-17(26-22(25)16-8-5-9-23-13-16)12-18-20(14)21(24)19(27-18)11-15-6-3-2-4-7-15/h2-13H,1H3/b19-11-. The second-order valence-corrected chi connectivity index (χ2v) is 6.09. The zero-order valence-corrected chi connectivity index (χ0v) is 14.5. The van der Waals surface area contributed by atoms with Crippen molar-refractivity contribution < 1.29 is 19.1 Å². The summed E-state index contributed by atoms with van der Waals surface area (Å²) in [4.78, 5) is 28.8. The SMILES string of the molecule is Cc1cc(OC(=O)c2cccnc2)cc2c1C(=O)/C(=C/c1ccccc1)O2. The van der Waals surface area contributed by atoms with E-state index < -0.39 is 5.97 Å². The van der Waals surface area contributed by atoms with E-state index in [1.807, 2.05) is 30.3 Å². The molecule has 1 aliphatic heterocycles. The molecule has 0 amide bonds. The summed E-state index contributed by atoms with van der Waals surface area (Å²) in [5, 5.41) is 0. The van der Waals surface area contributed by atoms with Crippen molar-refractivity contribution in [2.75, 3.05) is 0 Å². The first-order valence-corrected chi connectivity index (χ1v) is 8.38. The minimum Gasteiger partial charge on any atom is -0.452 e. The largest absolute Gasteiger partial charge is 0.452 e. The van der Waals surface area contributed by atoms with Gasteiger partial charge >= 0.3 is 5.97 Å². The monoisotopic (exact) mass is 357 g/mol. The van der Waals surface area contributed by atoms with Crippen LogP contribution in [0.1, 0.15) is 31.8 Å². The number of aromatic nitrogens is 1. The highest BCUT2D eigenvalue weighted by Gasteiger charge is 2.30. The van der Waals surface area contributed by atoms with E-state index in [0.717, 1.165) is 5.56 Å². The first kappa shape index (κ1) is 16.7. The highest BCUT2D eigenvalue weighted by molar-refractivity contribution is 6.15. The Hall–Kier alpha value is -3.73. The molecule has 4 rings (SSSR count). The van der Waals surface area contributed by atoms with Crippen molar-refractivity contribution in [2.45, 2.75) is 6.92 Å². The number of hydrogen-bond acceptors (Lipinski definition) is 5. The molecule has 5 heteroatoms. The lowest BCUT2D eigenvalue weighted by atomic mass is 10.0. The van der Waals surface area contributed by atoms with Gasteiger partial charge in [0.15, 0.2) is 5.76 Å². The van der Waals surface area contributed by atoms with Crippen molar-refractivity contribution >= 4 is 17.8 Å². The zero-order valence-electron chi connectivity index (χ0n) is 14.5. The first-order valence-electron chi connectivity index (χ1n) is 8.38. The Morgan fingerprint density at radius 3 is 2.67 bits per heavy atom. The third kappa shape index (κ3) is 3.35. The fourth-order valence-corrected chi connectivity index (χ4v) is 2.89. The number of aryl methyl sites for hydroxylation is 1. The number of benzene rings is 2. The number of esters is 1. The van der Waals surface area contributed by atoms with Crippen molar-refractivity contribution in [2.24, 2.45) is 0 Å². The maximum atomic E-state index is 12.7. The number of ketones is 1. The van der Waals surface area contributed by atoms with Gasteiger partial charge in [0.05, 0.1) is 11.1 Å². The number of ether oxygens (including phenoxy) is 2. The van der Waals surface area contributed by atoms with E-state index in [1.165, 1.54) is 6.20 Å². The lowest BCUT2D eigenvalue weighted by Crippen LogP contribution is -2.09. The minimum absolute atomic E-state index is 0.184. The quantitative estimate of drug-likeness (QED) is 0.399. The summed E-state index contributed by atoms with van der Waals surface area (Å²) < 4.78 is 11.1. The Morgan fingerprint density at radius 1 is 1.11 bits per heavy atom. The summed E-state index contributed by atoms with van der Waals surface area (Å²) in [7, 11) is 0. The summed E-state index contributed by atoms with van der Waals surface area (Å²) in [6, 6.07) is 16.0. The van der Waals surface area contributed by atoms with Crippen LogP contribution in [0.5, 0.6) is 11.5 Å². The molecule has 5 nitrogen and oxygen atoms in total. The summed E-state index contributed by atoms with van der Waals surface area (Å²) >= 11 is 0. The zero-order chi connectivity index (χ0) is 18.8. The van der Waals surface area contributed by atoms with Gasteiger partial charge in [0.1, 0.15) is 11.5 Å². The average Bonchev–Trinajstić information content (AvgIpc) is 2.99. The smallest absolute Gasteiger partial charge is 0.345 e. The van der Waals surface area contributed by atoms with Gasteiger partial charge in [0.25, 0.3) is 0 Å². The molecule has 2 heterocycles. The molecule has 1 aromatic heterocycles. The van der Waals surface area contributed by atoms with Crippen LogP contribution in [-0.2, 0) is 0 Å². The predicted molar refractivity (Wildman–Crippen MR) is 99.8 cm³/mol. The van der Waals surface area contributed by atoms with E-state index >= 15 is 0 Å². The molecule has 2 aromatic carbocycles. The van der Waals surface area contributed by atoms with E-state index in [0.29, 0.717) is 28.2 Å². The summed E-state index contributed by atoms with van der Waals surface area (Å²) in [6.07, 6.45) is 4.71. The van der Waals surface area contributed by atoms with Crippen molar-refractivity contribution in [3.63, 3.8) is 0 Å². The molecule has 0 radical (unpaired) electrons. The Kier molecular flexibility index (Phi) is 4.26. The van der Waals surface area contributed by atoms with Gasteiger partial charge in [-0.1, -0.05) is 30.3 Å². The van der Waals surface area contributed by atoms with Gasteiger partial charge in [0, 0.05) is 18.5 Å². The Bertz CT molecular complexity index is 1060. The Labute approximate surface area is 155 Å². The lowest BCUT2D eigenvalue weighted by Gasteiger charge is -2.07. The van der Waals surface area contributed by atoms with Crippen molar-refractivity contribution in [3.8, 4) is 11.5 Å². The molecule has 3 aromatic rings. The van der Waals surface area contributed by atoms with Gasteiger partial charge in [-0.05, 0) is 42.3 Å². The van der Waals surface area contributed by atoms with Gasteiger partial charge < -0.3 is 9.47 Å². The van der Waals surface area contributed by atoms with Gasteiger partial charge in [-0.2, -0.15) is 0 Å². The number of fused-ring (bicyclic) bond motifs is 1. The maximum Gasteiger partial charge on any atom is 0.345 e. The van der Waals surface area contributed by atoms with E-state index in [9.17, 15) is 9.59 Å². The number of allylic oxidation sites excluding steroid dienone is 1. The van der Waals surface area contributed by atoms with E-state index in [-0.39, 0.29) is 11.5 Å². The molecular weight excluding hydrogens is 342 g/mol. The summed E-state index contributed by atoms with van der Waals surface area (Å²) in [5.41, 5.74) is 2.38. The molecule has 0 saturated heterocycles. The Morgan fingerprint density at radius 2 is 1.93 bits per heavy atom. The number of carbonyl (C=O) groups excluding carboxylic acids is 2. The van der Waals surface area contributed by atoms with Crippen LogP contribution in [0.15, 0.2) is 72.8 Å². The van der Waals surface area contributed by atoms with Gasteiger partial charge in [0.2, 0.25) is 5.78 Å². The number of hydrogen-bond donors (Lipinski definition) is 0. The molecule has 0 spiro atoms. The van der Waals surface area contributed by atoms with Crippen LogP contribution in [0.25, 0.3) is 6.08 Å². The molecule has 0 N–H and O–H groups in total. The fraction of sp³-hybridized carbons (Fsp3) is 0.0455. The molecule has 0 fully saturated rings. The van der Waals surface area contributed by atoms with Crippen LogP contribution in [0.4, 0.5) is 0 Å². The maximum absolute atomic E-state index is 12.7. The van der Waals surface area contributed by atoms with Crippen LogP contribution < -0.4 is 9.47 Å². The third-order valence-corrected chi connectivity index (χ3v) is 4.15. The number of pyridine rings is 1. The number of nitrogens with zero attached hydrogens (tertiary/aromatic N) is 1. The molecule has 0 saturated carbocycles. The van der Waals surface area contributed by atoms with Crippen LogP contribution in [0, 0.1) is 6.92 Å². The third-order valence-electron chi connectivity index (χ3n) is 4.15. The minimum atomic E-state index is -0.521. The van der Waals surface area contributed by atoms with Crippen LogP contribution >= 0.6 is 0 Å². The number of rotatable bonds is 3. The molecule has 0 bridgehead atoms. The van der Waals surface area contributed by atoms with Gasteiger partial charge in [-0.25, -0.2) is 4.79 Å². The van der Waals surface area contributed by atoms with Crippen molar-refractivity contribution in [1.29, 1.82) is 0 Å². The number of Topliss-reactive ketones (excluding diaryl/α,β-unsaturated/α-hetero) is 1. The number of carbonyl (C=O) groups is 2. The van der Waals surface area contributed by atoms with Crippen LogP contribution in [-0.4, -0.2) is 16.7 Å². The van der Waals surface area contributed by atoms with Crippen molar-refractivity contribution in [1.82, 2.24) is 4.98 Å². The summed E-state index contributed by atoms with van der Waals surface area (Å²) in [5.74, 6) is 0.239. The molecule has 0 aliphatic carbocycles. The average molecular weight is 357 g/mol. The second kappa shape index (κ2) is 6.88. The van der Waals surface area contributed by atoms with Crippen LogP contribution in [0.2, 0.25) is 0 Å². The molecular formula is C22H15NO4. The van der Waals surface area contributed by atoms with E-state index in [2.05, 4.69) is 4.98 Å². The predicted octanol–water partition coefficient (Wildman–Crippen LogP) is 4.23. The molecule has 1 aliphatic rings. The van der Waals surface area contributed by atoms with Crippen LogP contribution in [0.3, 0.4) is 0 Å². The normalized spacial score (nSPS) is 14.0. The lowest BCUT2D eigenvalue weighted by molar-refractivity contribution is 0.0734. The highest BCUT2D eigenvalue weighted by atomic mass is 16.5. The van der Waals surface area contributed by atoms with Crippen molar-refractivity contribution in [3.05, 3.63) is 95.0 Å². The van der Waals surface area contributed by atoms with Gasteiger partial charge in [-0.3, -0.25) is 9.78 Å². The molecule has 0 unspecified atom stereocenters. The molecule has 132 valence electrons. The topological polar surface area (TPSA) is 65.5 Å². The van der Waals surface area contributed by atoms with E-state index in [1.54, 1.807) is 43.5 Å². The first-order chi connectivity index (χ1) is 13.1. The second-order valence-electron chi connectivity index (χ2n) is 6.09. The molecule has 0 atom stereocenters. The highest BCUT2D eigenvalue weighted by Crippen LogP contribution is 2.37. The summed E-state index contributed by atoms with van der Waals surface area (Å²) in [6.45, 7) is 1.78. The van der Waals surface area contributed by atoms with E-state index in [4.69, 9.17) is 9.47 Å². The fourth-order valence-electron chi connectivity index (χ4n) is 2.89. The van der Waals surface area contributed by atoms with Gasteiger partial charge in [-0.15, -0.1) is 0 Å². The molecule has 27 heavy (non-hydrogen) atoms. The Balaban J connectivity index is 1.62.